The Morgan fingerprint density at radius 1 is 1.47 bits per heavy atom. The lowest BCUT2D eigenvalue weighted by atomic mass is 10.1. The number of nitrogens with two attached hydrogens (primary N) is 1. The van der Waals surface area contributed by atoms with Gasteiger partial charge in [-0.15, -0.1) is 0 Å². The third-order valence-corrected chi connectivity index (χ3v) is 3.28. The van der Waals surface area contributed by atoms with E-state index in [-0.39, 0.29) is 23.0 Å². The van der Waals surface area contributed by atoms with Gasteiger partial charge >= 0.3 is 0 Å². The van der Waals surface area contributed by atoms with Crippen LogP contribution in [0.4, 0.5) is 4.39 Å². The molecule has 1 aromatic rings. The molecule has 1 amide bonds. The number of hydrogen-bond donors (Lipinski definition) is 2. The Balaban J connectivity index is 2.02. The summed E-state index contributed by atoms with van der Waals surface area (Å²) < 4.78 is 12.9. The van der Waals surface area contributed by atoms with Crippen LogP contribution in [0.5, 0.6) is 0 Å². The van der Waals surface area contributed by atoms with Gasteiger partial charge in [-0.05, 0) is 37.5 Å². The lowest BCUT2D eigenvalue weighted by molar-refractivity contribution is 0.0937. The summed E-state index contributed by atoms with van der Waals surface area (Å²) in [5, 5.41) is 2.83. The Bertz CT molecular complexity index is 439. The quantitative estimate of drug-likeness (QED) is 0.851. The second kappa shape index (κ2) is 5.02. The van der Waals surface area contributed by atoms with Crippen molar-refractivity contribution in [1.82, 2.24) is 5.32 Å². The second-order valence-corrected chi connectivity index (χ2v) is 4.78. The van der Waals surface area contributed by atoms with E-state index in [0.717, 1.165) is 19.3 Å². The smallest absolute Gasteiger partial charge is 0.251 e. The van der Waals surface area contributed by atoms with E-state index in [2.05, 4.69) is 5.32 Å². The number of benzene rings is 1. The lowest BCUT2D eigenvalue weighted by Gasteiger charge is -2.12. The van der Waals surface area contributed by atoms with Crippen LogP contribution in [0.25, 0.3) is 0 Å². The van der Waals surface area contributed by atoms with Crippen LogP contribution in [0.3, 0.4) is 0 Å². The van der Waals surface area contributed by atoms with Crippen LogP contribution in [0, 0.1) is 5.82 Å². The van der Waals surface area contributed by atoms with Crippen molar-refractivity contribution in [2.75, 3.05) is 0 Å². The van der Waals surface area contributed by atoms with Crippen molar-refractivity contribution in [2.24, 2.45) is 5.73 Å². The summed E-state index contributed by atoms with van der Waals surface area (Å²) in [6.07, 6.45) is 2.61. The molecule has 17 heavy (non-hydrogen) atoms. The van der Waals surface area contributed by atoms with E-state index < -0.39 is 5.82 Å². The monoisotopic (exact) mass is 256 g/mol. The normalized spacial score (nSPS) is 23.7. The van der Waals surface area contributed by atoms with Crippen molar-refractivity contribution in [2.45, 2.75) is 31.3 Å². The molecule has 2 atom stereocenters. The molecule has 1 fully saturated rings. The first-order valence-electron chi connectivity index (χ1n) is 5.58. The molecule has 0 heterocycles. The summed E-state index contributed by atoms with van der Waals surface area (Å²) in [7, 11) is 0. The largest absolute Gasteiger partial charge is 0.349 e. The Kier molecular flexibility index (Phi) is 3.64. The first kappa shape index (κ1) is 12.3. The number of hydrogen-bond acceptors (Lipinski definition) is 2. The highest BCUT2D eigenvalue weighted by molar-refractivity contribution is 6.31. The molecule has 1 aliphatic rings. The average molecular weight is 257 g/mol. The summed E-state index contributed by atoms with van der Waals surface area (Å²) in [5.41, 5.74) is 6.13. The second-order valence-electron chi connectivity index (χ2n) is 4.37. The summed E-state index contributed by atoms with van der Waals surface area (Å²) in [6, 6.07) is 4.22. The zero-order chi connectivity index (χ0) is 12.4. The van der Waals surface area contributed by atoms with Gasteiger partial charge < -0.3 is 11.1 Å². The highest BCUT2D eigenvalue weighted by Crippen LogP contribution is 2.19. The molecule has 0 aliphatic heterocycles. The summed E-state index contributed by atoms with van der Waals surface area (Å²) in [5.74, 6) is -0.753. The van der Waals surface area contributed by atoms with Crippen molar-refractivity contribution in [3.8, 4) is 0 Å². The Hall–Kier alpha value is -1.13. The highest BCUT2D eigenvalue weighted by atomic mass is 35.5. The fourth-order valence-electron chi connectivity index (χ4n) is 2.05. The number of carbonyl (C=O) groups excluding carboxylic acids is 1. The summed E-state index contributed by atoms with van der Waals surface area (Å²) in [4.78, 5) is 11.8. The van der Waals surface area contributed by atoms with Gasteiger partial charge in [-0.1, -0.05) is 11.6 Å². The molecule has 3 nitrogen and oxygen atoms in total. The van der Waals surface area contributed by atoms with Gasteiger partial charge in [0.05, 0.1) is 5.02 Å². The fourth-order valence-corrected chi connectivity index (χ4v) is 2.23. The van der Waals surface area contributed by atoms with Crippen LogP contribution in [0.2, 0.25) is 5.02 Å². The molecule has 0 bridgehead atoms. The van der Waals surface area contributed by atoms with E-state index >= 15 is 0 Å². The molecule has 2 rings (SSSR count). The highest BCUT2D eigenvalue weighted by Gasteiger charge is 2.23. The fraction of sp³-hybridized carbons (Fsp3) is 0.417. The molecule has 0 aromatic heterocycles. The van der Waals surface area contributed by atoms with Crippen molar-refractivity contribution < 1.29 is 9.18 Å². The van der Waals surface area contributed by atoms with E-state index in [9.17, 15) is 9.18 Å². The van der Waals surface area contributed by atoms with Gasteiger partial charge in [-0.25, -0.2) is 4.39 Å². The minimum Gasteiger partial charge on any atom is -0.349 e. The lowest BCUT2D eigenvalue weighted by Crippen LogP contribution is -2.34. The van der Waals surface area contributed by atoms with Crippen LogP contribution in [-0.2, 0) is 0 Å². The number of nitrogens with one attached hydrogen (secondary N) is 1. The molecular formula is C12H14ClFN2O. The molecule has 5 heteroatoms. The first-order valence-corrected chi connectivity index (χ1v) is 5.95. The minimum atomic E-state index is -0.522. The molecule has 92 valence electrons. The van der Waals surface area contributed by atoms with Crippen molar-refractivity contribution in [3.05, 3.63) is 34.6 Å². The van der Waals surface area contributed by atoms with Crippen molar-refractivity contribution >= 4 is 17.5 Å². The van der Waals surface area contributed by atoms with Gasteiger partial charge in [0.15, 0.2) is 0 Å². The predicted molar refractivity (Wildman–Crippen MR) is 64.5 cm³/mol. The zero-order valence-electron chi connectivity index (χ0n) is 9.25. The molecule has 0 saturated heterocycles. The van der Waals surface area contributed by atoms with Gasteiger partial charge in [-0.2, -0.15) is 0 Å². The van der Waals surface area contributed by atoms with E-state index in [4.69, 9.17) is 17.3 Å². The third-order valence-electron chi connectivity index (χ3n) is 2.99. The molecule has 3 N–H and O–H groups in total. The van der Waals surface area contributed by atoms with Gasteiger partial charge in [0, 0.05) is 17.6 Å². The van der Waals surface area contributed by atoms with Crippen LogP contribution in [0.15, 0.2) is 18.2 Å². The Morgan fingerprint density at radius 2 is 2.24 bits per heavy atom. The number of carbonyl (C=O) groups is 1. The number of halogens is 2. The van der Waals surface area contributed by atoms with Crippen LogP contribution in [-0.4, -0.2) is 18.0 Å². The summed E-state index contributed by atoms with van der Waals surface area (Å²) >= 11 is 5.62. The number of amides is 1. The molecule has 1 aromatic carbocycles. The van der Waals surface area contributed by atoms with Crippen LogP contribution in [0.1, 0.15) is 29.6 Å². The number of rotatable bonds is 2. The maximum absolute atomic E-state index is 12.9. The predicted octanol–water partition coefficient (Wildman–Crippen LogP) is 2.09. The van der Waals surface area contributed by atoms with Gasteiger partial charge in [0.25, 0.3) is 5.91 Å². The van der Waals surface area contributed by atoms with Gasteiger partial charge in [0.2, 0.25) is 0 Å². The van der Waals surface area contributed by atoms with Crippen LogP contribution < -0.4 is 11.1 Å². The van der Waals surface area contributed by atoms with Crippen molar-refractivity contribution in [1.29, 1.82) is 0 Å². The zero-order valence-corrected chi connectivity index (χ0v) is 10.0. The molecule has 0 radical (unpaired) electrons. The molecule has 0 spiro atoms. The average Bonchev–Trinajstić information content (AvgIpc) is 2.68. The SMILES string of the molecule is NC1CCC(NC(=O)c2ccc(F)c(Cl)c2)C1. The van der Waals surface area contributed by atoms with E-state index in [0.29, 0.717) is 5.56 Å². The van der Waals surface area contributed by atoms with E-state index in [1.54, 1.807) is 0 Å². The Morgan fingerprint density at radius 3 is 2.82 bits per heavy atom. The maximum Gasteiger partial charge on any atom is 0.251 e. The molecule has 1 aliphatic carbocycles. The topological polar surface area (TPSA) is 55.1 Å². The standard InChI is InChI=1S/C12H14ClFN2O/c13-10-5-7(1-4-11(10)14)12(17)16-9-3-2-8(15)6-9/h1,4-5,8-9H,2-3,6,15H2,(H,16,17). The minimum absolute atomic E-state index is 0.0410. The van der Waals surface area contributed by atoms with Crippen LogP contribution >= 0.6 is 11.6 Å². The molecule has 2 unspecified atom stereocenters. The van der Waals surface area contributed by atoms with E-state index in [1.807, 2.05) is 0 Å². The third kappa shape index (κ3) is 2.96. The maximum atomic E-state index is 12.9. The van der Waals surface area contributed by atoms with E-state index in [1.165, 1.54) is 18.2 Å². The van der Waals surface area contributed by atoms with Gasteiger partial charge in [0.1, 0.15) is 5.82 Å². The Labute approximate surface area is 104 Å². The summed E-state index contributed by atoms with van der Waals surface area (Å²) in [6.45, 7) is 0. The van der Waals surface area contributed by atoms with Gasteiger partial charge in [-0.3, -0.25) is 4.79 Å². The molecule has 1 saturated carbocycles. The molecular weight excluding hydrogens is 243 g/mol. The van der Waals surface area contributed by atoms with Crippen molar-refractivity contribution in [3.63, 3.8) is 0 Å². The first-order chi connectivity index (χ1) is 8.06.